The number of alkyl halides is 4. The Balaban J connectivity index is 0.000000253. The Bertz CT molecular complexity index is 175. The van der Waals surface area contributed by atoms with Gasteiger partial charge in [-0.1, -0.05) is 0 Å². The lowest BCUT2D eigenvalue weighted by Crippen LogP contribution is -2.52. The summed E-state index contributed by atoms with van der Waals surface area (Å²) in [6.45, 7) is 0.667. The van der Waals surface area contributed by atoms with Crippen molar-refractivity contribution in [3.8, 4) is 0 Å². The summed E-state index contributed by atoms with van der Waals surface area (Å²) < 4.78 is 47.3. The van der Waals surface area contributed by atoms with Gasteiger partial charge in [-0.15, -0.1) is 12.4 Å². The number of hydrogen-bond donors (Lipinski definition) is 2. The van der Waals surface area contributed by atoms with Crippen LogP contribution in [0.5, 0.6) is 0 Å². The lowest BCUT2D eigenvalue weighted by atomic mass is 10.1. The van der Waals surface area contributed by atoms with E-state index in [1.807, 2.05) is 0 Å². The van der Waals surface area contributed by atoms with Gasteiger partial charge in [0.25, 0.3) is 11.8 Å². The minimum absolute atomic E-state index is 0. The fraction of sp³-hybridized carbons (Fsp3) is 1.00. The largest absolute Gasteiger partial charge is 0.316 e. The Morgan fingerprint density at radius 2 is 1.13 bits per heavy atom. The normalized spacial score (nSPS) is 26.4. The Morgan fingerprint density at radius 3 is 1.27 bits per heavy atom. The molecule has 2 aliphatic rings. The summed E-state index contributed by atoms with van der Waals surface area (Å²) >= 11 is 0. The van der Waals surface area contributed by atoms with Crippen LogP contribution in [-0.4, -0.2) is 38.0 Å². The maximum atomic E-state index is 12.2. The molecule has 92 valence electrons. The molecule has 0 radical (unpaired) electrons. The van der Waals surface area contributed by atoms with E-state index < -0.39 is 11.8 Å². The molecular weight excluding hydrogens is 236 g/mol. The highest BCUT2D eigenvalue weighted by Crippen LogP contribution is 2.23. The molecule has 2 heterocycles. The summed E-state index contributed by atoms with van der Waals surface area (Å²) in [7, 11) is 0. The second-order valence-corrected chi connectivity index (χ2v) is 3.57. The highest BCUT2D eigenvalue weighted by molar-refractivity contribution is 5.85. The Morgan fingerprint density at radius 1 is 0.733 bits per heavy atom. The molecular formula is C8H15ClF4N2. The van der Waals surface area contributed by atoms with Crippen molar-refractivity contribution in [2.45, 2.75) is 24.7 Å². The first kappa shape index (κ1) is 14.9. The minimum Gasteiger partial charge on any atom is -0.316 e. The average Bonchev–Trinajstić information content (AvgIpc) is 2.02. The topological polar surface area (TPSA) is 24.1 Å². The molecule has 0 spiro atoms. The van der Waals surface area contributed by atoms with Crippen LogP contribution in [0.1, 0.15) is 12.8 Å². The second-order valence-electron chi connectivity index (χ2n) is 3.57. The van der Waals surface area contributed by atoms with Gasteiger partial charge in [0.15, 0.2) is 0 Å². The van der Waals surface area contributed by atoms with E-state index in [4.69, 9.17) is 0 Å². The molecule has 0 bridgehead atoms. The fourth-order valence-electron chi connectivity index (χ4n) is 1.11. The van der Waals surface area contributed by atoms with Gasteiger partial charge in [-0.05, 0) is 0 Å². The third-order valence-electron chi connectivity index (χ3n) is 2.10. The smallest absolute Gasteiger partial charge is 0.272 e. The first-order valence-corrected chi connectivity index (χ1v) is 4.58. The molecule has 0 aromatic heterocycles. The molecule has 2 nitrogen and oxygen atoms in total. The highest BCUT2D eigenvalue weighted by Gasteiger charge is 2.36. The molecule has 0 aromatic carbocycles. The summed E-state index contributed by atoms with van der Waals surface area (Å²) in [6, 6.07) is 0. The van der Waals surface area contributed by atoms with Gasteiger partial charge >= 0.3 is 0 Å². The Labute approximate surface area is 92.2 Å². The third-order valence-corrected chi connectivity index (χ3v) is 2.10. The van der Waals surface area contributed by atoms with Crippen molar-refractivity contribution in [2.75, 3.05) is 26.2 Å². The van der Waals surface area contributed by atoms with Crippen molar-refractivity contribution in [2.24, 2.45) is 0 Å². The van der Waals surface area contributed by atoms with Gasteiger partial charge in [0, 0.05) is 25.9 Å². The zero-order valence-electron chi connectivity index (χ0n) is 8.16. The van der Waals surface area contributed by atoms with E-state index in [9.17, 15) is 17.6 Å². The van der Waals surface area contributed by atoms with Crippen LogP contribution < -0.4 is 10.6 Å². The van der Waals surface area contributed by atoms with Crippen molar-refractivity contribution in [3.05, 3.63) is 0 Å². The van der Waals surface area contributed by atoms with Crippen LogP contribution in [0.2, 0.25) is 0 Å². The summed E-state index contributed by atoms with van der Waals surface area (Å²) in [5.41, 5.74) is 0. The van der Waals surface area contributed by atoms with E-state index >= 15 is 0 Å². The monoisotopic (exact) mass is 250 g/mol. The van der Waals surface area contributed by atoms with Gasteiger partial charge in [-0.25, -0.2) is 17.6 Å². The number of piperidine rings is 1. The molecule has 0 aliphatic carbocycles. The van der Waals surface area contributed by atoms with Crippen LogP contribution in [-0.2, 0) is 0 Å². The van der Waals surface area contributed by atoms with Gasteiger partial charge in [-0.2, -0.15) is 0 Å². The lowest BCUT2D eigenvalue weighted by molar-refractivity contribution is -0.0475. The fourth-order valence-corrected chi connectivity index (χ4v) is 1.11. The lowest BCUT2D eigenvalue weighted by Gasteiger charge is -2.25. The van der Waals surface area contributed by atoms with Gasteiger partial charge < -0.3 is 10.6 Å². The van der Waals surface area contributed by atoms with Crippen molar-refractivity contribution in [3.63, 3.8) is 0 Å². The zero-order valence-corrected chi connectivity index (χ0v) is 8.98. The Hall–Kier alpha value is -0.0700. The quantitative estimate of drug-likeness (QED) is 0.639. The van der Waals surface area contributed by atoms with E-state index in [1.54, 1.807) is 0 Å². The molecule has 7 heteroatoms. The Kier molecular flexibility index (Phi) is 5.84. The summed E-state index contributed by atoms with van der Waals surface area (Å²) in [6.07, 6.45) is 0.0139. The standard InChI is InChI=1S/C5H9F2N.C3H5F2N.ClH/c6-5(7)1-3-8-4-2-5;4-3(5)1-6-2-3;/h8H,1-4H2;6H,1-2H2;1H. The minimum atomic E-state index is -2.39. The number of rotatable bonds is 0. The SMILES string of the molecule is Cl.FC1(F)CCNCC1.FC1(F)CNC1. The molecule has 0 unspecified atom stereocenters. The average molecular weight is 251 g/mol. The molecule has 2 rings (SSSR count). The molecule has 0 amide bonds. The second kappa shape index (κ2) is 5.86. The molecule has 15 heavy (non-hydrogen) atoms. The van der Waals surface area contributed by atoms with Gasteiger partial charge in [-0.3, -0.25) is 0 Å². The predicted molar refractivity (Wildman–Crippen MR) is 52.1 cm³/mol. The van der Waals surface area contributed by atoms with E-state index in [-0.39, 0.29) is 38.3 Å². The van der Waals surface area contributed by atoms with E-state index in [0.29, 0.717) is 13.1 Å². The predicted octanol–water partition coefficient (Wildman–Crippen LogP) is 1.65. The number of halogens is 5. The molecule has 2 fully saturated rings. The highest BCUT2D eigenvalue weighted by atomic mass is 35.5. The molecule has 2 aliphatic heterocycles. The van der Waals surface area contributed by atoms with Crippen LogP contribution in [0.15, 0.2) is 0 Å². The molecule has 0 aromatic rings. The molecule has 2 N–H and O–H groups in total. The van der Waals surface area contributed by atoms with Gasteiger partial charge in [0.05, 0.1) is 13.1 Å². The van der Waals surface area contributed by atoms with E-state index in [1.165, 1.54) is 0 Å². The molecule has 0 saturated carbocycles. The van der Waals surface area contributed by atoms with E-state index in [0.717, 1.165) is 0 Å². The van der Waals surface area contributed by atoms with Crippen LogP contribution >= 0.6 is 12.4 Å². The van der Waals surface area contributed by atoms with Crippen molar-refractivity contribution < 1.29 is 17.6 Å². The van der Waals surface area contributed by atoms with Crippen LogP contribution in [0.4, 0.5) is 17.6 Å². The maximum absolute atomic E-state index is 12.2. The summed E-state index contributed by atoms with van der Waals surface area (Å²) in [4.78, 5) is 0. The van der Waals surface area contributed by atoms with E-state index in [2.05, 4.69) is 10.6 Å². The van der Waals surface area contributed by atoms with Crippen LogP contribution in [0, 0.1) is 0 Å². The van der Waals surface area contributed by atoms with Crippen molar-refractivity contribution >= 4 is 12.4 Å². The van der Waals surface area contributed by atoms with Crippen LogP contribution in [0.25, 0.3) is 0 Å². The first-order chi connectivity index (χ1) is 6.41. The third kappa shape index (κ3) is 6.17. The zero-order chi connectivity index (χ0) is 10.7. The maximum Gasteiger partial charge on any atom is 0.272 e. The van der Waals surface area contributed by atoms with Crippen molar-refractivity contribution in [1.29, 1.82) is 0 Å². The molecule has 2 saturated heterocycles. The van der Waals surface area contributed by atoms with Gasteiger partial charge in [0.1, 0.15) is 0 Å². The first-order valence-electron chi connectivity index (χ1n) is 4.58. The van der Waals surface area contributed by atoms with Gasteiger partial charge in [0.2, 0.25) is 0 Å². The van der Waals surface area contributed by atoms with Crippen LogP contribution in [0.3, 0.4) is 0 Å². The summed E-state index contributed by atoms with van der Waals surface area (Å²) in [5, 5.41) is 5.31. The molecule has 0 atom stereocenters. The van der Waals surface area contributed by atoms with Crippen molar-refractivity contribution in [1.82, 2.24) is 10.6 Å². The number of nitrogens with one attached hydrogen (secondary N) is 2. The number of hydrogen-bond acceptors (Lipinski definition) is 2. The summed E-state index contributed by atoms with van der Waals surface area (Å²) in [5.74, 6) is -4.77.